The SMILES string of the molecule is CCN1CCCC1CN(c1ccc(OC)c(Cl)c1)c1nc(N)nc(NCc2cccs2)n1. The van der Waals surface area contributed by atoms with Crippen LogP contribution in [0, 0.1) is 0 Å². The van der Waals surface area contributed by atoms with Crippen molar-refractivity contribution in [2.45, 2.75) is 32.4 Å². The van der Waals surface area contributed by atoms with E-state index in [0.29, 0.717) is 35.3 Å². The molecule has 1 saturated heterocycles. The average Bonchev–Trinajstić information content (AvgIpc) is 3.47. The van der Waals surface area contributed by atoms with E-state index in [1.165, 1.54) is 11.3 Å². The molecule has 1 fully saturated rings. The number of aromatic nitrogens is 3. The van der Waals surface area contributed by atoms with E-state index in [4.69, 9.17) is 27.1 Å². The van der Waals surface area contributed by atoms with Gasteiger partial charge in [-0.1, -0.05) is 24.6 Å². The molecule has 1 aliphatic rings. The third kappa shape index (κ3) is 5.23. The summed E-state index contributed by atoms with van der Waals surface area (Å²) in [6, 6.07) is 10.2. The predicted molar refractivity (Wildman–Crippen MR) is 131 cm³/mol. The standard InChI is InChI=1S/C22H28ClN7OS/c1-3-29-10-4-6-16(29)14-30(15-8-9-19(31-2)18(23)12-15)22-27-20(24)26-21(28-22)25-13-17-7-5-11-32-17/h5,7-9,11-12,16H,3-4,6,10,13-14H2,1-2H3,(H3,24,25,26,27,28). The van der Waals surface area contributed by atoms with Crippen LogP contribution in [-0.4, -0.2) is 52.6 Å². The summed E-state index contributed by atoms with van der Waals surface area (Å²) in [7, 11) is 1.61. The van der Waals surface area contributed by atoms with Crippen molar-refractivity contribution in [2.75, 3.05) is 42.7 Å². The first-order valence-electron chi connectivity index (χ1n) is 10.7. The summed E-state index contributed by atoms with van der Waals surface area (Å²) in [5.41, 5.74) is 6.96. The zero-order chi connectivity index (χ0) is 22.5. The lowest BCUT2D eigenvalue weighted by molar-refractivity contribution is 0.271. The topological polar surface area (TPSA) is 92.4 Å². The number of hydrogen-bond donors (Lipinski definition) is 2. The molecule has 0 spiro atoms. The largest absolute Gasteiger partial charge is 0.495 e. The van der Waals surface area contributed by atoms with Gasteiger partial charge in [0.05, 0.1) is 18.7 Å². The number of likely N-dealkylation sites (tertiary alicyclic amines) is 1. The number of benzene rings is 1. The number of nitrogens with one attached hydrogen (secondary N) is 1. The molecule has 1 unspecified atom stereocenters. The quantitative estimate of drug-likeness (QED) is 0.472. The van der Waals surface area contributed by atoms with E-state index in [1.807, 2.05) is 29.6 Å². The van der Waals surface area contributed by atoms with Crippen LogP contribution in [0.4, 0.5) is 23.5 Å². The van der Waals surface area contributed by atoms with Gasteiger partial charge in [-0.25, -0.2) is 0 Å². The van der Waals surface area contributed by atoms with E-state index >= 15 is 0 Å². The highest BCUT2D eigenvalue weighted by Gasteiger charge is 2.28. The Morgan fingerprint density at radius 2 is 2.19 bits per heavy atom. The van der Waals surface area contributed by atoms with Crippen LogP contribution in [-0.2, 0) is 6.54 Å². The Balaban J connectivity index is 1.66. The minimum absolute atomic E-state index is 0.173. The van der Waals surface area contributed by atoms with Crippen molar-refractivity contribution in [3.05, 3.63) is 45.6 Å². The fourth-order valence-electron chi connectivity index (χ4n) is 4.01. The number of ether oxygens (including phenoxy) is 1. The zero-order valence-corrected chi connectivity index (χ0v) is 19.9. The van der Waals surface area contributed by atoms with Gasteiger partial charge in [-0.05, 0) is 55.6 Å². The van der Waals surface area contributed by atoms with Crippen LogP contribution < -0.4 is 20.7 Å². The summed E-state index contributed by atoms with van der Waals surface area (Å²) in [4.78, 5) is 19.2. The van der Waals surface area contributed by atoms with Crippen molar-refractivity contribution in [2.24, 2.45) is 0 Å². The Morgan fingerprint density at radius 1 is 1.31 bits per heavy atom. The number of halogens is 1. The Labute approximate surface area is 197 Å². The van der Waals surface area contributed by atoms with Gasteiger partial charge in [0.2, 0.25) is 17.8 Å². The second-order valence-electron chi connectivity index (χ2n) is 7.60. The van der Waals surface area contributed by atoms with Crippen LogP contribution in [0.3, 0.4) is 0 Å². The van der Waals surface area contributed by atoms with Crippen LogP contribution in [0.15, 0.2) is 35.7 Å². The summed E-state index contributed by atoms with van der Waals surface area (Å²) in [6.07, 6.45) is 2.31. The number of nitrogen functional groups attached to an aromatic ring is 1. The van der Waals surface area contributed by atoms with Crippen molar-refractivity contribution in [1.82, 2.24) is 19.9 Å². The zero-order valence-electron chi connectivity index (χ0n) is 18.3. The van der Waals surface area contributed by atoms with Crippen molar-refractivity contribution in [1.29, 1.82) is 0 Å². The second-order valence-corrected chi connectivity index (χ2v) is 9.04. The summed E-state index contributed by atoms with van der Waals surface area (Å²) in [5.74, 6) is 1.74. The van der Waals surface area contributed by atoms with E-state index in [9.17, 15) is 0 Å². The minimum Gasteiger partial charge on any atom is -0.495 e. The number of likely N-dealkylation sites (N-methyl/N-ethyl adjacent to an activating group) is 1. The molecule has 0 bridgehead atoms. The molecule has 4 rings (SSSR count). The van der Waals surface area contributed by atoms with E-state index in [0.717, 1.165) is 31.7 Å². The Bertz CT molecular complexity index is 1030. The maximum Gasteiger partial charge on any atom is 0.236 e. The van der Waals surface area contributed by atoms with Gasteiger partial charge in [-0.2, -0.15) is 15.0 Å². The van der Waals surface area contributed by atoms with Crippen LogP contribution >= 0.6 is 22.9 Å². The molecular formula is C22H28ClN7OS. The third-order valence-corrected chi connectivity index (χ3v) is 6.80. The van der Waals surface area contributed by atoms with E-state index < -0.39 is 0 Å². The molecule has 3 heterocycles. The molecule has 32 heavy (non-hydrogen) atoms. The maximum atomic E-state index is 6.45. The molecule has 170 valence electrons. The summed E-state index contributed by atoms with van der Waals surface area (Å²) < 4.78 is 5.33. The van der Waals surface area contributed by atoms with Crippen molar-refractivity contribution < 1.29 is 4.74 Å². The van der Waals surface area contributed by atoms with Crippen LogP contribution in [0.5, 0.6) is 5.75 Å². The molecule has 1 atom stereocenters. The van der Waals surface area contributed by atoms with Crippen molar-refractivity contribution in [3.63, 3.8) is 0 Å². The molecule has 3 aromatic rings. The first-order valence-corrected chi connectivity index (χ1v) is 12.0. The number of thiophene rings is 1. The van der Waals surface area contributed by atoms with Gasteiger partial charge in [0, 0.05) is 23.2 Å². The molecule has 1 aromatic carbocycles. The Kier molecular flexibility index (Phi) is 7.29. The summed E-state index contributed by atoms with van der Waals surface area (Å²) in [6.45, 7) is 5.66. The molecule has 0 radical (unpaired) electrons. The van der Waals surface area contributed by atoms with Gasteiger partial charge in [-0.15, -0.1) is 11.3 Å². The van der Waals surface area contributed by atoms with Crippen LogP contribution in [0.2, 0.25) is 5.02 Å². The Hall–Kier alpha value is -2.62. The highest BCUT2D eigenvalue weighted by molar-refractivity contribution is 7.09. The van der Waals surface area contributed by atoms with Crippen molar-refractivity contribution >= 4 is 46.5 Å². The van der Waals surface area contributed by atoms with E-state index in [-0.39, 0.29) is 5.95 Å². The molecule has 0 saturated carbocycles. The normalized spacial score (nSPS) is 16.3. The van der Waals surface area contributed by atoms with Crippen LogP contribution in [0.25, 0.3) is 0 Å². The molecule has 8 nitrogen and oxygen atoms in total. The van der Waals surface area contributed by atoms with Gasteiger partial charge in [-0.3, -0.25) is 4.90 Å². The molecule has 0 aliphatic carbocycles. The third-order valence-electron chi connectivity index (χ3n) is 5.63. The maximum absolute atomic E-state index is 6.45. The highest BCUT2D eigenvalue weighted by atomic mass is 35.5. The lowest BCUT2D eigenvalue weighted by Crippen LogP contribution is -2.39. The first kappa shape index (κ1) is 22.6. The lowest BCUT2D eigenvalue weighted by Gasteiger charge is -2.30. The minimum atomic E-state index is 0.173. The number of rotatable bonds is 9. The van der Waals surface area contributed by atoms with Gasteiger partial charge in [0.15, 0.2) is 0 Å². The molecule has 0 amide bonds. The molecule has 3 N–H and O–H groups in total. The number of nitrogens with two attached hydrogens (primary N) is 1. The summed E-state index contributed by atoms with van der Waals surface area (Å²) >= 11 is 8.13. The number of hydrogen-bond acceptors (Lipinski definition) is 9. The number of nitrogens with zero attached hydrogens (tertiary/aromatic N) is 5. The summed E-state index contributed by atoms with van der Waals surface area (Å²) in [5, 5.41) is 5.84. The van der Waals surface area contributed by atoms with Crippen LogP contribution in [0.1, 0.15) is 24.6 Å². The van der Waals surface area contributed by atoms with Crippen molar-refractivity contribution in [3.8, 4) is 5.75 Å². The highest BCUT2D eigenvalue weighted by Crippen LogP contribution is 2.33. The fourth-order valence-corrected chi connectivity index (χ4v) is 4.91. The van der Waals surface area contributed by atoms with Gasteiger partial charge >= 0.3 is 0 Å². The average molecular weight is 474 g/mol. The second kappa shape index (κ2) is 10.3. The lowest BCUT2D eigenvalue weighted by atomic mass is 10.2. The molecular weight excluding hydrogens is 446 g/mol. The molecule has 2 aromatic heterocycles. The number of anilines is 4. The van der Waals surface area contributed by atoms with Gasteiger partial charge in [0.25, 0.3) is 0 Å². The van der Waals surface area contributed by atoms with E-state index in [1.54, 1.807) is 18.4 Å². The molecule has 10 heteroatoms. The smallest absolute Gasteiger partial charge is 0.236 e. The monoisotopic (exact) mass is 473 g/mol. The predicted octanol–water partition coefficient (Wildman–Crippen LogP) is 4.41. The van der Waals surface area contributed by atoms with Gasteiger partial charge < -0.3 is 20.7 Å². The van der Waals surface area contributed by atoms with E-state index in [2.05, 4.69) is 38.1 Å². The first-order chi connectivity index (χ1) is 15.6. The fraction of sp³-hybridized carbons (Fsp3) is 0.409. The molecule has 1 aliphatic heterocycles. The van der Waals surface area contributed by atoms with Gasteiger partial charge in [0.1, 0.15) is 5.75 Å². The Morgan fingerprint density at radius 3 is 2.91 bits per heavy atom. The number of methoxy groups -OCH3 is 1.